The van der Waals surface area contributed by atoms with Crippen LogP contribution < -0.4 is 11.3 Å². The predicted octanol–water partition coefficient (Wildman–Crippen LogP) is 1.73. The molecule has 0 spiro atoms. The van der Waals surface area contributed by atoms with Gasteiger partial charge in [-0.2, -0.15) is 0 Å². The number of hydrazine groups is 1. The molecule has 0 aromatic carbocycles. The summed E-state index contributed by atoms with van der Waals surface area (Å²) in [4.78, 5) is 7.03. The van der Waals surface area contributed by atoms with Gasteiger partial charge in [-0.15, -0.1) is 0 Å². The van der Waals surface area contributed by atoms with Crippen molar-refractivity contribution in [2.75, 3.05) is 13.1 Å². The van der Waals surface area contributed by atoms with Gasteiger partial charge in [0.2, 0.25) is 5.96 Å². The molecule has 4 nitrogen and oxygen atoms in total. The van der Waals surface area contributed by atoms with E-state index >= 15 is 0 Å². The third-order valence-corrected chi connectivity index (χ3v) is 4.02. The third kappa shape index (κ3) is 2.92. The zero-order valence-corrected chi connectivity index (χ0v) is 11.2. The van der Waals surface area contributed by atoms with Crippen molar-refractivity contribution in [2.45, 2.75) is 52.0 Å². The fourth-order valence-corrected chi connectivity index (χ4v) is 3.16. The highest BCUT2D eigenvalue weighted by Crippen LogP contribution is 2.35. The molecule has 2 fully saturated rings. The van der Waals surface area contributed by atoms with Crippen LogP contribution in [0.4, 0.5) is 0 Å². The molecule has 2 unspecified atom stereocenters. The minimum absolute atomic E-state index is 0.586. The van der Waals surface area contributed by atoms with E-state index in [1.165, 1.54) is 32.1 Å². The van der Waals surface area contributed by atoms with Crippen molar-refractivity contribution in [3.8, 4) is 0 Å². The first-order valence-corrected chi connectivity index (χ1v) is 7.00. The van der Waals surface area contributed by atoms with Crippen molar-refractivity contribution in [3.05, 3.63) is 0 Å². The molecule has 0 amide bonds. The number of likely N-dealkylation sites (tertiary alicyclic amines) is 1. The van der Waals surface area contributed by atoms with Crippen LogP contribution in [-0.4, -0.2) is 30.0 Å². The van der Waals surface area contributed by atoms with Gasteiger partial charge in [0.25, 0.3) is 0 Å². The molecular weight excluding hydrogens is 212 g/mol. The number of nitrogens with zero attached hydrogens (tertiary/aromatic N) is 2. The first-order valence-electron chi connectivity index (χ1n) is 7.00. The second kappa shape index (κ2) is 5.71. The molecule has 2 atom stereocenters. The van der Waals surface area contributed by atoms with E-state index in [4.69, 9.17) is 5.84 Å². The Morgan fingerprint density at radius 1 is 1.35 bits per heavy atom. The van der Waals surface area contributed by atoms with E-state index in [2.05, 4.69) is 29.2 Å². The van der Waals surface area contributed by atoms with Gasteiger partial charge in [0, 0.05) is 19.1 Å². The van der Waals surface area contributed by atoms with Crippen molar-refractivity contribution in [3.63, 3.8) is 0 Å². The average Bonchev–Trinajstić information content (AvgIpc) is 2.74. The van der Waals surface area contributed by atoms with Crippen LogP contribution >= 0.6 is 0 Å². The van der Waals surface area contributed by atoms with Gasteiger partial charge in [-0.3, -0.25) is 10.4 Å². The summed E-state index contributed by atoms with van der Waals surface area (Å²) in [6.07, 6.45) is 6.78. The number of hydrogen-bond acceptors (Lipinski definition) is 2. The number of fused-ring (bicyclic) bond motifs is 1. The Kier molecular flexibility index (Phi) is 4.26. The first kappa shape index (κ1) is 12.7. The molecule has 0 aromatic heterocycles. The number of aliphatic imine (C=N–C) groups is 1. The molecule has 17 heavy (non-hydrogen) atoms. The van der Waals surface area contributed by atoms with E-state index in [1.54, 1.807) is 0 Å². The summed E-state index contributed by atoms with van der Waals surface area (Å²) in [5.74, 6) is 8.01. The van der Waals surface area contributed by atoms with E-state index in [0.29, 0.717) is 12.0 Å². The van der Waals surface area contributed by atoms with Crippen molar-refractivity contribution in [1.82, 2.24) is 10.3 Å². The molecule has 1 saturated heterocycles. The standard InChI is InChI=1S/C13H26N4/c1-10(2)9-15-13(16-14)17-8-7-11-5-3-4-6-12(11)17/h10-12H,3-9,14H2,1-2H3,(H,15,16). The lowest BCUT2D eigenvalue weighted by Gasteiger charge is -2.33. The Morgan fingerprint density at radius 3 is 2.82 bits per heavy atom. The topological polar surface area (TPSA) is 53.6 Å². The number of guanidine groups is 1. The molecule has 0 aromatic rings. The summed E-state index contributed by atoms with van der Waals surface area (Å²) in [5, 5.41) is 0. The smallest absolute Gasteiger partial charge is 0.208 e. The molecule has 2 aliphatic rings. The molecule has 1 aliphatic heterocycles. The summed E-state index contributed by atoms with van der Waals surface area (Å²) in [5.41, 5.74) is 2.81. The highest BCUT2D eigenvalue weighted by Gasteiger charge is 2.37. The SMILES string of the molecule is CC(C)CN=C(NN)N1CCC2CCCCC21. The lowest BCUT2D eigenvalue weighted by molar-refractivity contribution is 0.249. The molecule has 0 bridgehead atoms. The van der Waals surface area contributed by atoms with E-state index in [1.807, 2.05) is 0 Å². The molecule has 3 N–H and O–H groups in total. The van der Waals surface area contributed by atoms with Crippen LogP contribution in [0.5, 0.6) is 0 Å². The highest BCUT2D eigenvalue weighted by molar-refractivity contribution is 5.80. The second-order valence-electron chi connectivity index (χ2n) is 5.80. The van der Waals surface area contributed by atoms with Gasteiger partial charge < -0.3 is 4.90 Å². The van der Waals surface area contributed by atoms with E-state index < -0.39 is 0 Å². The normalized spacial score (nSPS) is 29.6. The monoisotopic (exact) mass is 238 g/mol. The summed E-state index contributed by atoms with van der Waals surface area (Å²) >= 11 is 0. The van der Waals surface area contributed by atoms with Crippen molar-refractivity contribution < 1.29 is 0 Å². The van der Waals surface area contributed by atoms with Crippen LogP contribution in [0.1, 0.15) is 46.0 Å². The summed E-state index contributed by atoms with van der Waals surface area (Å²) < 4.78 is 0. The van der Waals surface area contributed by atoms with Gasteiger partial charge in [-0.05, 0) is 31.1 Å². The zero-order chi connectivity index (χ0) is 12.3. The third-order valence-electron chi connectivity index (χ3n) is 4.02. The lowest BCUT2D eigenvalue weighted by Crippen LogP contribution is -2.48. The quantitative estimate of drug-likeness (QED) is 0.333. The fourth-order valence-electron chi connectivity index (χ4n) is 3.16. The van der Waals surface area contributed by atoms with E-state index in [0.717, 1.165) is 25.0 Å². The summed E-state index contributed by atoms with van der Waals surface area (Å²) in [6, 6.07) is 0.686. The highest BCUT2D eigenvalue weighted by atomic mass is 15.4. The maximum Gasteiger partial charge on any atom is 0.208 e. The Morgan fingerprint density at radius 2 is 2.12 bits per heavy atom. The molecule has 1 aliphatic carbocycles. The average molecular weight is 238 g/mol. The molecule has 4 heteroatoms. The molecule has 1 saturated carbocycles. The molecule has 98 valence electrons. The molecular formula is C13H26N4. The fraction of sp³-hybridized carbons (Fsp3) is 0.923. The van der Waals surface area contributed by atoms with Gasteiger partial charge in [-0.25, -0.2) is 5.84 Å². The van der Waals surface area contributed by atoms with E-state index in [-0.39, 0.29) is 0 Å². The van der Waals surface area contributed by atoms with Gasteiger partial charge in [0.1, 0.15) is 0 Å². The van der Waals surface area contributed by atoms with Crippen LogP contribution in [0.3, 0.4) is 0 Å². The molecule has 2 rings (SSSR count). The molecule has 0 radical (unpaired) electrons. The van der Waals surface area contributed by atoms with Crippen LogP contribution in [0.2, 0.25) is 0 Å². The number of nitrogens with two attached hydrogens (primary N) is 1. The van der Waals surface area contributed by atoms with Crippen molar-refractivity contribution in [1.29, 1.82) is 0 Å². The second-order valence-corrected chi connectivity index (χ2v) is 5.80. The maximum absolute atomic E-state index is 5.64. The van der Waals surface area contributed by atoms with Gasteiger partial charge >= 0.3 is 0 Å². The lowest BCUT2D eigenvalue weighted by atomic mass is 9.85. The van der Waals surface area contributed by atoms with Gasteiger partial charge in [0.05, 0.1) is 0 Å². The van der Waals surface area contributed by atoms with Crippen LogP contribution in [0.25, 0.3) is 0 Å². The van der Waals surface area contributed by atoms with Crippen molar-refractivity contribution >= 4 is 5.96 Å². The number of hydrogen-bond donors (Lipinski definition) is 2. The Balaban J connectivity index is 2.01. The largest absolute Gasteiger partial charge is 0.339 e. The van der Waals surface area contributed by atoms with Crippen LogP contribution in [0, 0.1) is 11.8 Å². The number of nitrogens with one attached hydrogen (secondary N) is 1. The maximum atomic E-state index is 5.64. The number of rotatable bonds is 2. The first-order chi connectivity index (χ1) is 8.22. The van der Waals surface area contributed by atoms with Crippen LogP contribution in [-0.2, 0) is 0 Å². The molecule has 1 heterocycles. The Bertz CT molecular complexity index is 275. The van der Waals surface area contributed by atoms with Crippen LogP contribution in [0.15, 0.2) is 4.99 Å². The minimum atomic E-state index is 0.586. The van der Waals surface area contributed by atoms with E-state index in [9.17, 15) is 0 Å². The Hall–Kier alpha value is -0.770. The van der Waals surface area contributed by atoms with Gasteiger partial charge in [-0.1, -0.05) is 26.7 Å². The zero-order valence-electron chi connectivity index (χ0n) is 11.2. The summed E-state index contributed by atoms with van der Waals surface area (Å²) in [6.45, 7) is 6.35. The van der Waals surface area contributed by atoms with Crippen molar-refractivity contribution in [2.24, 2.45) is 22.7 Å². The summed E-state index contributed by atoms with van der Waals surface area (Å²) in [7, 11) is 0. The predicted molar refractivity (Wildman–Crippen MR) is 71.5 cm³/mol. The Labute approximate surface area is 105 Å². The van der Waals surface area contributed by atoms with Gasteiger partial charge in [0.15, 0.2) is 0 Å². The minimum Gasteiger partial charge on any atom is -0.339 e.